The van der Waals surface area contributed by atoms with Gasteiger partial charge in [0.1, 0.15) is 5.82 Å². The summed E-state index contributed by atoms with van der Waals surface area (Å²) in [7, 11) is 0. The zero-order valence-corrected chi connectivity index (χ0v) is 4.47. The SMILES string of the molecule is Cc1nc(NN)n[nH]1. The van der Waals surface area contributed by atoms with E-state index in [1.807, 2.05) is 0 Å². The molecule has 1 aromatic heterocycles. The third-order valence-corrected chi connectivity index (χ3v) is 0.726. The lowest BCUT2D eigenvalue weighted by atomic mass is 10.8. The molecule has 0 aliphatic carbocycles. The molecule has 44 valence electrons. The van der Waals surface area contributed by atoms with Gasteiger partial charge in [0.15, 0.2) is 0 Å². The first-order valence-corrected chi connectivity index (χ1v) is 2.18. The van der Waals surface area contributed by atoms with E-state index in [1.165, 1.54) is 0 Å². The molecule has 5 nitrogen and oxygen atoms in total. The average molecular weight is 113 g/mol. The predicted octanol–water partition coefficient (Wildman–Crippen LogP) is -0.601. The van der Waals surface area contributed by atoms with Gasteiger partial charge in [-0.2, -0.15) is 4.98 Å². The Balaban J connectivity index is 2.84. The van der Waals surface area contributed by atoms with Crippen molar-refractivity contribution in [2.75, 3.05) is 5.43 Å². The summed E-state index contributed by atoms with van der Waals surface area (Å²) in [6.07, 6.45) is 0. The molecule has 5 heteroatoms. The Morgan fingerprint density at radius 1 is 1.75 bits per heavy atom. The summed E-state index contributed by atoms with van der Waals surface area (Å²) >= 11 is 0. The highest BCUT2D eigenvalue weighted by molar-refractivity contribution is 5.18. The van der Waals surface area contributed by atoms with Crippen molar-refractivity contribution in [3.8, 4) is 0 Å². The number of rotatable bonds is 1. The minimum atomic E-state index is 0.419. The lowest BCUT2D eigenvalue weighted by molar-refractivity contribution is 1.03. The van der Waals surface area contributed by atoms with Gasteiger partial charge in [-0.1, -0.05) is 0 Å². The highest BCUT2D eigenvalue weighted by Gasteiger charge is 1.91. The van der Waals surface area contributed by atoms with Crippen LogP contribution in [0.2, 0.25) is 0 Å². The molecule has 4 N–H and O–H groups in total. The number of anilines is 1. The minimum absolute atomic E-state index is 0.419. The maximum absolute atomic E-state index is 4.97. The first kappa shape index (κ1) is 5.04. The Morgan fingerprint density at radius 3 is 2.75 bits per heavy atom. The van der Waals surface area contributed by atoms with Gasteiger partial charge in [-0.3, -0.25) is 10.5 Å². The molecule has 0 radical (unpaired) electrons. The fourth-order valence-corrected chi connectivity index (χ4v) is 0.407. The molecule has 0 unspecified atom stereocenters. The van der Waals surface area contributed by atoms with Gasteiger partial charge in [-0.15, -0.1) is 5.10 Å². The third-order valence-electron chi connectivity index (χ3n) is 0.726. The summed E-state index contributed by atoms with van der Waals surface area (Å²) in [5.74, 6) is 6.14. The number of nitrogens with zero attached hydrogens (tertiary/aromatic N) is 2. The van der Waals surface area contributed by atoms with Crippen LogP contribution in [0.15, 0.2) is 0 Å². The molecular formula is C3H7N5. The second-order valence-corrected chi connectivity index (χ2v) is 1.39. The fourth-order valence-electron chi connectivity index (χ4n) is 0.407. The number of hydrazine groups is 1. The Labute approximate surface area is 46.3 Å². The molecule has 0 aromatic carbocycles. The Morgan fingerprint density at radius 2 is 2.50 bits per heavy atom. The number of nitrogens with two attached hydrogens (primary N) is 1. The zero-order valence-electron chi connectivity index (χ0n) is 4.47. The van der Waals surface area contributed by atoms with Crippen LogP contribution in [0.1, 0.15) is 5.82 Å². The fraction of sp³-hybridized carbons (Fsp3) is 0.333. The van der Waals surface area contributed by atoms with Crippen LogP contribution in [-0.4, -0.2) is 15.2 Å². The number of hydrogen-bond donors (Lipinski definition) is 3. The standard InChI is InChI=1S/C3H7N5/c1-2-5-3(6-4)8-7-2/h4H2,1H3,(H2,5,6,7,8). The topological polar surface area (TPSA) is 79.6 Å². The lowest BCUT2D eigenvalue weighted by Crippen LogP contribution is -2.07. The smallest absolute Gasteiger partial charge is 0.256 e. The molecule has 0 atom stereocenters. The van der Waals surface area contributed by atoms with Crippen LogP contribution >= 0.6 is 0 Å². The highest BCUT2D eigenvalue weighted by Crippen LogP contribution is 1.91. The zero-order chi connectivity index (χ0) is 5.98. The second-order valence-electron chi connectivity index (χ2n) is 1.39. The number of H-pyrrole nitrogens is 1. The van der Waals surface area contributed by atoms with E-state index >= 15 is 0 Å². The van der Waals surface area contributed by atoms with Crippen molar-refractivity contribution in [3.05, 3.63) is 5.82 Å². The molecule has 1 rings (SSSR count). The Bertz CT molecular complexity index is 168. The van der Waals surface area contributed by atoms with E-state index in [9.17, 15) is 0 Å². The van der Waals surface area contributed by atoms with Gasteiger partial charge in [0, 0.05) is 0 Å². The third kappa shape index (κ3) is 0.760. The first-order valence-electron chi connectivity index (χ1n) is 2.18. The summed E-state index contributed by atoms with van der Waals surface area (Å²) in [5, 5.41) is 6.28. The molecule has 1 aromatic rings. The van der Waals surface area contributed by atoms with E-state index in [2.05, 4.69) is 20.6 Å². The van der Waals surface area contributed by atoms with Crippen molar-refractivity contribution in [1.82, 2.24) is 15.2 Å². The van der Waals surface area contributed by atoms with Crippen LogP contribution in [0.4, 0.5) is 5.95 Å². The number of nitrogen functional groups attached to an aromatic ring is 1. The number of aryl methyl sites for hydroxylation is 1. The molecule has 0 aliphatic rings. The van der Waals surface area contributed by atoms with Crippen LogP contribution in [0.3, 0.4) is 0 Å². The number of aromatic nitrogens is 3. The second kappa shape index (κ2) is 1.79. The van der Waals surface area contributed by atoms with Crippen LogP contribution in [0.5, 0.6) is 0 Å². The summed E-state index contributed by atoms with van der Waals surface area (Å²) in [6.45, 7) is 1.80. The average Bonchev–Trinajstić information content (AvgIpc) is 2.14. The monoisotopic (exact) mass is 113 g/mol. The van der Waals surface area contributed by atoms with Crippen LogP contribution in [0, 0.1) is 6.92 Å². The van der Waals surface area contributed by atoms with Crippen molar-refractivity contribution in [3.63, 3.8) is 0 Å². The van der Waals surface area contributed by atoms with Crippen molar-refractivity contribution >= 4 is 5.95 Å². The van der Waals surface area contributed by atoms with Gasteiger partial charge in [0.05, 0.1) is 0 Å². The molecule has 0 bridgehead atoms. The number of nitrogens with one attached hydrogen (secondary N) is 2. The Hall–Kier alpha value is -1.10. The van der Waals surface area contributed by atoms with Crippen LogP contribution in [-0.2, 0) is 0 Å². The van der Waals surface area contributed by atoms with E-state index in [0.29, 0.717) is 5.95 Å². The van der Waals surface area contributed by atoms with Crippen molar-refractivity contribution in [1.29, 1.82) is 0 Å². The largest absolute Gasteiger partial charge is 0.291 e. The van der Waals surface area contributed by atoms with Gasteiger partial charge in [0.2, 0.25) is 0 Å². The number of aromatic amines is 1. The summed E-state index contributed by atoms with van der Waals surface area (Å²) in [4.78, 5) is 3.83. The highest BCUT2D eigenvalue weighted by atomic mass is 15.4. The van der Waals surface area contributed by atoms with Gasteiger partial charge in [-0.05, 0) is 6.92 Å². The maximum Gasteiger partial charge on any atom is 0.256 e. The van der Waals surface area contributed by atoms with Crippen LogP contribution in [0.25, 0.3) is 0 Å². The van der Waals surface area contributed by atoms with Gasteiger partial charge < -0.3 is 0 Å². The molecule has 0 aliphatic heterocycles. The van der Waals surface area contributed by atoms with E-state index < -0.39 is 0 Å². The first-order chi connectivity index (χ1) is 3.83. The minimum Gasteiger partial charge on any atom is -0.291 e. The van der Waals surface area contributed by atoms with Gasteiger partial charge in [0.25, 0.3) is 5.95 Å². The molecular weight excluding hydrogens is 106 g/mol. The quantitative estimate of drug-likeness (QED) is 0.335. The molecule has 0 fully saturated rings. The van der Waals surface area contributed by atoms with E-state index in [-0.39, 0.29) is 0 Å². The Kier molecular flexibility index (Phi) is 1.13. The van der Waals surface area contributed by atoms with Gasteiger partial charge in [-0.25, -0.2) is 5.84 Å². The van der Waals surface area contributed by atoms with E-state index in [1.54, 1.807) is 6.92 Å². The van der Waals surface area contributed by atoms with E-state index in [0.717, 1.165) is 5.82 Å². The molecule has 8 heavy (non-hydrogen) atoms. The normalized spacial score (nSPS) is 9.25. The van der Waals surface area contributed by atoms with Crippen molar-refractivity contribution < 1.29 is 0 Å². The molecule has 0 amide bonds. The lowest BCUT2D eigenvalue weighted by Gasteiger charge is -1.83. The predicted molar refractivity (Wildman–Crippen MR) is 28.9 cm³/mol. The molecule has 0 spiro atoms. The summed E-state index contributed by atoms with van der Waals surface area (Å²) < 4.78 is 0. The van der Waals surface area contributed by atoms with E-state index in [4.69, 9.17) is 5.84 Å². The molecule has 1 heterocycles. The summed E-state index contributed by atoms with van der Waals surface area (Å²) in [6, 6.07) is 0. The molecule has 0 saturated heterocycles. The van der Waals surface area contributed by atoms with Crippen LogP contribution < -0.4 is 11.3 Å². The molecule has 0 saturated carbocycles. The summed E-state index contributed by atoms with van der Waals surface area (Å²) in [5.41, 5.74) is 2.29. The van der Waals surface area contributed by atoms with Crippen molar-refractivity contribution in [2.45, 2.75) is 6.92 Å². The maximum atomic E-state index is 4.97. The van der Waals surface area contributed by atoms with Crippen molar-refractivity contribution in [2.24, 2.45) is 5.84 Å². The van der Waals surface area contributed by atoms with Gasteiger partial charge >= 0.3 is 0 Å². The number of hydrogen-bond acceptors (Lipinski definition) is 4.